The molecule has 0 saturated carbocycles. The van der Waals surface area contributed by atoms with Gasteiger partial charge in [-0.05, 0) is 19.8 Å². The van der Waals surface area contributed by atoms with Gasteiger partial charge in [0.15, 0.2) is 0 Å². The maximum Gasteiger partial charge on any atom is 0.322 e. The lowest BCUT2D eigenvalue weighted by atomic mass is 9.99. The molecule has 4 amide bonds. The summed E-state index contributed by atoms with van der Waals surface area (Å²) in [5.41, 5.74) is -0.919. The summed E-state index contributed by atoms with van der Waals surface area (Å²) in [4.78, 5) is 37.0. The molecule has 0 aromatic rings. The molecule has 3 aliphatic rings. The van der Waals surface area contributed by atoms with Gasteiger partial charge in [-0.25, -0.2) is 4.79 Å². The van der Waals surface area contributed by atoms with E-state index in [0.29, 0.717) is 19.6 Å². The largest absolute Gasteiger partial charge is 0.378 e. The van der Waals surface area contributed by atoms with E-state index < -0.39 is 11.6 Å². The van der Waals surface area contributed by atoms with Crippen molar-refractivity contribution in [1.29, 1.82) is 0 Å². The van der Waals surface area contributed by atoms with Crippen LogP contribution >= 0.6 is 0 Å². The summed E-state index contributed by atoms with van der Waals surface area (Å²) in [6, 6.07) is -0.475. The van der Waals surface area contributed by atoms with Crippen LogP contribution in [0.15, 0.2) is 0 Å². The second kappa shape index (κ2) is 4.19. The van der Waals surface area contributed by atoms with E-state index in [9.17, 15) is 14.4 Å². The minimum atomic E-state index is -0.919. The van der Waals surface area contributed by atoms with Gasteiger partial charge in [-0.3, -0.25) is 14.9 Å². The number of rotatable bonds is 1. The van der Waals surface area contributed by atoms with Gasteiger partial charge in [0.05, 0.1) is 25.2 Å². The van der Waals surface area contributed by atoms with Crippen LogP contribution in [0, 0.1) is 5.92 Å². The van der Waals surface area contributed by atoms with Gasteiger partial charge in [-0.15, -0.1) is 0 Å². The molecule has 3 fully saturated rings. The number of nitrogens with one attached hydrogen (secondary N) is 2. The number of nitrogens with zero attached hydrogens (tertiary/aromatic N) is 1. The molecule has 0 aromatic heterocycles. The molecule has 3 rings (SSSR count). The summed E-state index contributed by atoms with van der Waals surface area (Å²) in [5.74, 6) is -0.427. The summed E-state index contributed by atoms with van der Waals surface area (Å²) in [5, 5.41) is 4.87. The summed E-state index contributed by atoms with van der Waals surface area (Å²) in [6.07, 6.45) is 1.31. The highest BCUT2D eigenvalue weighted by Crippen LogP contribution is 2.28. The monoisotopic (exact) mass is 267 g/mol. The van der Waals surface area contributed by atoms with E-state index in [4.69, 9.17) is 4.74 Å². The average molecular weight is 267 g/mol. The Morgan fingerprint density at radius 1 is 1.47 bits per heavy atom. The van der Waals surface area contributed by atoms with E-state index >= 15 is 0 Å². The fourth-order valence-corrected chi connectivity index (χ4v) is 3.06. The number of carbonyl (C=O) groups excluding carboxylic acids is 3. The molecule has 0 aromatic carbocycles. The van der Waals surface area contributed by atoms with Crippen LogP contribution in [-0.2, 0) is 14.3 Å². The van der Waals surface area contributed by atoms with Crippen molar-refractivity contribution in [2.75, 3.05) is 19.7 Å². The van der Waals surface area contributed by atoms with Crippen molar-refractivity contribution in [2.24, 2.45) is 5.92 Å². The van der Waals surface area contributed by atoms with Gasteiger partial charge in [-0.2, -0.15) is 0 Å². The zero-order valence-corrected chi connectivity index (χ0v) is 10.8. The summed E-state index contributed by atoms with van der Waals surface area (Å²) in [7, 11) is 0. The Kier molecular flexibility index (Phi) is 2.74. The Morgan fingerprint density at radius 3 is 2.84 bits per heavy atom. The normalized spacial score (nSPS) is 37.8. The van der Waals surface area contributed by atoms with Crippen molar-refractivity contribution in [2.45, 2.75) is 31.4 Å². The number of carbonyl (C=O) groups is 3. The molecule has 3 aliphatic heterocycles. The SMILES string of the molecule is CC1CC(C(=O)N2CCC3(C2)NC(=O)NC3=O)CO1. The first-order chi connectivity index (χ1) is 9.00. The highest BCUT2D eigenvalue weighted by atomic mass is 16.5. The number of likely N-dealkylation sites (tertiary alicyclic amines) is 1. The van der Waals surface area contributed by atoms with E-state index in [0.717, 1.165) is 6.42 Å². The summed E-state index contributed by atoms with van der Waals surface area (Å²) >= 11 is 0. The number of imide groups is 1. The fourth-order valence-electron chi connectivity index (χ4n) is 3.06. The number of urea groups is 1. The van der Waals surface area contributed by atoms with Gasteiger partial charge < -0.3 is 15.0 Å². The maximum atomic E-state index is 12.3. The highest BCUT2D eigenvalue weighted by molar-refractivity contribution is 6.07. The molecule has 0 radical (unpaired) electrons. The second-order valence-corrected chi connectivity index (χ2v) is 5.58. The van der Waals surface area contributed by atoms with Gasteiger partial charge >= 0.3 is 6.03 Å². The van der Waals surface area contributed by atoms with E-state index in [-0.39, 0.29) is 30.4 Å². The highest BCUT2D eigenvalue weighted by Gasteiger charge is 2.52. The number of hydrogen-bond acceptors (Lipinski definition) is 4. The predicted octanol–water partition coefficient (Wildman–Crippen LogP) is -0.778. The van der Waals surface area contributed by atoms with Crippen molar-refractivity contribution in [3.63, 3.8) is 0 Å². The average Bonchev–Trinajstić information content (AvgIpc) is 3.01. The first-order valence-corrected chi connectivity index (χ1v) is 6.54. The molecule has 0 bridgehead atoms. The standard InChI is InChI=1S/C12H17N3O4/c1-7-4-8(5-19-7)9(16)15-3-2-12(6-15)10(17)13-11(18)14-12/h7-8H,2-6H2,1H3,(H2,13,14,17,18). The van der Waals surface area contributed by atoms with Crippen LogP contribution in [0.5, 0.6) is 0 Å². The van der Waals surface area contributed by atoms with Gasteiger partial charge in [0.2, 0.25) is 5.91 Å². The Labute approximate surface area is 110 Å². The Bertz CT molecular complexity index is 452. The van der Waals surface area contributed by atoms with Crippen molar-refractivity contribution in [3.8, 4) is 0 Å². The maximum absolute atomic E-state index is 12.3. The third kappa shape index (κ3) is 1.98. The van der Waals surface area contributed by atoms with Crippen molar-refractivity contribution >= 4 is 17.8 Å². The first-order valence-electron chi connectivity index (χ1n) is 6.54. The molecule has 2 N–H and O–H groups in total. The minimum absolute atomic E-state index is 0.0233. The second-order valence-electron chi connectivity index (χ2n) is 5.58. The van der Waals surface area contributed by atoms with Crippen LogP contribution < -0.4 is 10.6 Å². The van der Waals surface area contributed by atoms with Crippen LogP contribution in [0.3, 0.4) is 0 Å². The van der Waals surface area contributed by atoms with E-state index in [1.165, 1.54) is 0 Å². The Morgan fingerprint density at radius 2 is 2.26 bits per heavy atom. The molecule has 3 unspecified atom stereocenters. The lowest BCUT2D eigenvalue weighted by molar-refractivity contribution is -0.134. The molecule has 3 saturated heterocycles. The van der Waals surface area contributed by atoms with Crippen LogP contribution in [0.4, 0.5) is 4.79 Å². The molecule has 7 heteroatoms. The molecule has 7 nitrogen and oxygen atoms in total. The van der Waals surface area contributed by atoms with Gasteiger partial charge in [0.25, 0.3) is 5.91 Å². The lowest BCUT2D eigenvalue weighted by Crippen LogP contribution is -2.50. The third-order valence-electron chi connectivity index (χ3n) is 4.14. The molecule has 3 heterocycles. The predicted molar refractivity (Wildman–Crippen MR) is 64.1 cm³/mol. The molecular weight excluding hydrogens is 250 g/mol. The summed E-state index contributed by atoms with van der Waals surface area (Å²) in [6.45, 7) is 3.15. The van der Waals surface area contributed by atoms with E-state index in [2.05, 4.69) is 10.6 Å². The molecule has 3 atom stereocenters. The molecular formula is C12H17N3O4. The summed E-state index contributed by atoms with van der Waals surface area (Å²) < 4.78 is 5.40. The number of hydrogen-bond donors (Lipinski definition) is 2. The Balaban J connectivity index is 1.67. The first kappa shape index (κ1) is 12.4. The molecule has 104 valence electrons. The quantitative estimate of drug-likeness (QED) is 0.610. The lowest BCUT2D eigenvalue weighted by Gasteiger charge is -2.22. The zero-order valence-electron chi connectivity index (χ0n) is 10.8. The van der Waals surface area contributed by atoms with Gasteiger partial charge in [-0.1, -0.05) is 0 Å². The zero-order chi connectivity index (χ0) is 13.6. The van der Waals surface area contributed by atoms with Crippen LogP contribution in [0.25, 0.3) is 0 Å². The number of ether oxygens (including phenoxy) is 1. The van der Waals surface area contributed by atoms with Crippen LogP contribution in [0.1, 0.15) is 19.8 Å². The van der Waals surface area contributed by atoms with E-state index in [1.807, 2.05) is 6.92 Å². The number of amides is 4. The minimum Gasteiger partial charge on any atom is -0.378 e. The fraction of sp³-hybridized carbons (Fsp3) is 0.750. The Hall–Kier alpha value is -1.63. The van der Waals surface area contributed by atoms with Crippen molar-refractivity contribution < 1.29 is 19.1 Å². The topological polar surface area (TPSA) is 87.7 Å². The molecule has 0 aliphatic carbocycles. The van der Waals surface area contributed by atoms with Crippen molar-refractivity contribution in [3.05, 3.63) is 0 Å². The third-order valence-corrected chi connectivity index (χ3v) is 4.14. The van der Waals surface area contributed by atoms with E-state index in [1.54, 1.807) is 4.90 Å². The molecule has 19 heavy (non-hydrogen) atoms. The molecule has 1 spiro atoms. The smallest absolute Gasteiger partial charge is 0.322 e. The van der Waals surface area contributed by atoms with Gasteiger partial charge in [0.1, 0.15) is 5.54 Å². The van der Waals surface area contributed by atoms with Crippen LogP contribution in [-0.4, -0.2) is 54.1 Å². The van der Waals surface area contributed by atoms with Crippen LogP contribution in [0.2, 0.25) is 0 Å². The van der Waals surface area contributed by atoms with Gasteiger partial charge in [0, 0.05) is 6.54 Å². The van der Waals surface area contributed by atoms with Crippen molar-refractivity contribution in [1.82, 2.24) is 15.5 Å².